The van der Waals surface area contributed by atoms with Crippen molar-refractivity contribution in [3.05, 3.63) is 45.3 Å². The minimum Gasteiger partial charge on any atom is -0.296 e. The Morgan fingerprint density at radius 1 is 1.40 bits per heavy atom. The molecule has 2 aromatic rings. The fourth-order valence-electron chi connectivity index (χ4n) is 1.75. The molecule has 15 heavy (non-hydrogen) atoms. The minimum absolute atomic E-state index is 0.130. The summed E-state index contributed by atoms with van der Waals surface area (Å²) in [6, 6.07) is 4.55. The van der Waals surface area contributed by atoms with E-state index in [0.29, 0.717) is 12.6 Å². The summed E-state index contributed by atoms with van der Waals surface area (Å²) >= 11 is 1.69. The summed E-state index contributed by atoms with van der Waals surface area (Å²) in [5.41, 5.74) is 0.130. The molecule has 0 spiro atoms. The largest absolute Gasteiger partial charge is 0.328 e. The van der Waals surface area contributed by atoms with Gasteiger partial charge < -0.3 is 0 Å². The van der Waals surface area contributed by atoms with Gasteiger partial charge in [0.2, 0.25) is 0 Å². The molecule has 0 amide bonds. The van der Waals surface area contributed by atoms with Gasteiger partial charge in [-0.3, -0.25) is 9.13 Å². The first-order valence-corrected chi connectivity index (χ1v) is 6.02. The average Bonchev–Trinajstić information content (AvgIpc) is 2.83. The Morgan fingerprint density at radius 2 is 2.27 bits per heavy atom. The van der Waals surface area contributed by atoms with Crippen molar-refractivity contribution in [1.29, 1.82) is 0 Å². The first kappa shape index (κ1) is 8.97. The Bertz CT molecular complexity index is 505. The number of imidazole rings is 1. The summed E-state index contributed by atoms with van der Waals surface area (Å²) in [5.74, 6) is 0. The van der Waals surface area contributed by atoms with Gasteiger partial charge in [-0.15, -0.1) is 11.3 Å². The predicted octanol–water partition coefficient (Wildman–Crippen LogP) is 2.09. The van der Waals surface area contributed by atoms with E-state index in [1.54, 1.807) is 15.9 Å². The van der Waals surface area contributed by atoms with E-state index in [1.165, 1.54) is 4.88 Å². The van der Waals surface area contributed by atoms with Crippen LogP contribution in [0.15, 0.2) is 34.7 Å². The van der Waals surface area contributed by atoms with Crippen LogP contribution in [-0.4, -0.2) is 9.13 Å². The Hall–Kier alpha value is -1.29. The SMILES string of the molecule is O=c1n(Cc2cccs2)ccn1C1CC1. The molecule has 1 fully saturated rings. The molecule has 2 aromatic heterocycles. The molecule has 4 heteroatoms. The fourth-order valence-corrected chi connectivity index (χ4v) is 2.45. The standard InChI is InChI=1S/C11H12N2OS/c14-11-12(8-10-2-1-7-15-10)5-6-13(11)9-3-4-9/h1-2,5-7,9H,3-4,8H2. The monoisotopic (exact) mass is 220 g/mol. The molecule has 78 valence electrons. The average molecular weight is 220 g/mol. The molecule has 1 aliphatic rings. The van der Waals surface area contributed by atoms with Gasteiger partial charge in [0, 0.05) is 23.3 Å². The summed E-state index contributed by atoms with van der Waals surface area (Å²) in [4.78, 5) is 13.1. The second-order valence-corrected chi connectivity index (χ2v) is 4.96. The van der Waals surface area contributed by atoms with Gasteiger partial charge in [-0.25, -0.2) is 4.79 Å². The lowest BCUT2D eigenvalue weighted by atomic mass is 10.5. The van der Waals surface area contributed by atoms with E-state index in [1.807, 2.05) is 28.4 Å². The molecule has 3 rings (SSSR count). The molecule has 0 atom stereocenters. The number of hydrogen-bond donors (Lipinski definition) is 0. The van der Waals surface area contributed by atoms with Gasteiger partial charge in [0.05, 0.1) is 6.54 Å². The van der Waals surface area contributed by atoms with Crippen LogP contribution in [0.5, 0.6) is 0 Å². The molecule has 2 heterocycles. The van der Waals surface area contributed by atoms with Gasteiger partial charge in [-0.1, -0.05) is 6.07 Å². The highest BCUT2D eigenvalue weighted by molar-refractivity contribution is 7.09. The van der Waals surface area contributed by atoms with Crippen molar-refractivity contribution in [2.24, 2.45) is 0 Å². The van der Waals surface area contributed by atoms with Crippen LogP contribution >= 0.6 is 11.3 Å². The van der Waals surface area contributed by atoms with Gasteiger partial charge in [0.15, 0.2) is 0 Å². The lowest BCUT2D eigenvalue weighted by molar-refractivity contribution is 0.659. The number of aromatic nitrogens is 2. The number of nitrogens with zero attached hydrogens (tertiary/aromatic N) is 2. The highest BCUT2D eigenvalue weighted by Gasteiger charge is 2.25. The van der Waals surface area contributed by atoms with E-state index in [0.717, 1.165) is 12.8 Å². The molecule has 0 unspecified atom stereocenters. The number of thiophene rings is 1. The van der Waals surface area contributed by atoms with E-state index in [4.69, 9.17) is 0 Å². The van der Waals surface area contributed by atoms with E-state index in [2.05, 4.69) is 6.07 Å². The normalized spacial score (nSPS) is 15.7. The molecule has 0 aliphatic heterocycles. The number of rotatable bonds is 3. The molecule has 0 saturated heterocycles. The second-order valence-electron chi connectivity index (χ2n) is 3.93. The summed E-state index contributed by atoms with van der Waals surface area (Å²) in [7, 11) is 0. The van der Waals surface area contributed by atoms with Crippen molar-refractivity contribution >= 4 is 11.3 Å². The highest BCUT2D eigenvalue weighted by Crippen LogP contribution is 2.33. The summed E-state index contributed by atoms with van der Waals surface area (Å²) in [5, 5.41) is 2.04. The van der Waals surface area contributed by atoms with Crippen LogP contribution in [-0.2, 0) is 6.54 Å². The first-order chi connectivity index (χ1) is 7.34. The molecule has 1 aliphatic carbocycles. The van der Waals surface area contributed by atoms with Crippen molar-refractivity contribution in [3.63, 3.8) is 0 Å². The molecule has 0 aromatic carbocycles. The van der Waals surface area contributed by atoms with Crippen LogP contribution in [0, 0.1) is 0 Å². The van der Waals surface area contributed by atoms with Gasteiger partial charge in [0.1, 0.15) is 0 Å². The molecule has 0 bridgehead atoms. The lowest BCUT2D eigenvalue weighted by Crippen LogP contribution is -2.23. The zero-order chi connectivity index (χ0) is 10.3. The summed E-state index contributed by atoms with van der Waals surface area (Å²) in [6.45, 7) is 0.705. The third-order valence-corrected chi connectivity index (χ3v) is 3.58. The third-order valence-electron chi connectivity index (χ3n) is 2.72. The van der Waals surface area contributed by atoms with Crippen molar-refractivity contribution in [2.75, 3.05) is 0 Å². The first-order valence-electron chi connectivity index (χ1n) is 5.14. The van der Waals surface area contributed by atoms with Crippen molar-refractivity contribution < 1.29 is 0 Å². The molecule has 0 radical (unpaired) electrons. The van der Waals surface area contributed by atoms with Crippen molar-refractivity contribution in [1.82, 2.24) is 9.13 Å². The van der Waals surface area contributed by atoms with Gasteiger partial charge in [0.25, 0.3) is 0 Å². The van der Waals surface area contributed by atoms with E-state index in [-0.39, 0.29) is 5.69 Å². The van der Waals surface area contributed by atoms with Gasteiger partial charge in [-0.2, -0.15) is 0 Å². The van der Waals surface area contributed by atoms with Crippen LogP contribution < -0.4 is 5.69 Å². The third kappa shape index (κ3) is 1.65. The highest BCUT2D eigenvalue weighted by atomic mass is 32.1. The topological polar surface area (TPSA) is 26.9 Å². The summed E-state index contributed by atoms with van der Waals surface area (Å²) < 4.78 is 3.64. The van der Waals surface area contributed by atoms with Crippen LogP contribution in [0.25, 0.3) is 0 Å². The minimum atomic E-state index is 0.130. The zero-order valence-electron chi connectivity index (χ0n) is 8.30. The molecular weight excluding hydrogens is 208 g/mol. The van der Waals surface area contributed by atoms with Gasteiger partial charge >= 0.3 is 5.69 Å². The van der Waals surface area contributed by atoms with Gasteiger partial charge in [-0.05, 0) is 24.3 Å². The van der Waals surface area contributed by atoms with Crippen molar-refractivity contribution in [3.8, 4) is 0 Å². The van der Waals surface area contributed by atoms with E-state index < -0.39 is 0 Å². The molecule has 1 saturated carbocycles. The smallest absolute Gasteiger partial charge is 0.296 e. The second kappa shape index (κ2) is 3.38. The fraction of sp³-hybridized carbons (Fsp3) is 0.364. The Morgan fingerprint density at radius 3 is 2.93 bits per heavy atom. The maximum atomic E-state index is 11.9. The van der Waals surface area contributed by atoms with Crippen LogP contribution in [0.4, 0.5) is 0 Å². The van der Waals surface area contributed by atoms with Crippen molar-refractivity contribution in [2.45, 2.75) is 25.4 Å². The Balaban J connectivity index is 1.89. The number of hydrogen-bond acceptors (Lipinski definition) is 2. The van der Waals surface area contributed by atoms with Crippen LogP contribution in [0.1, 0.15) is 23.8 Å². The predicted molar refractivity (Wildman–Crippen MR) is 60.4 cm³/mol. The zero-order valence-corrected chi connectivity index (χ0v) is 9.11. The maximum absolute atomic E-state index is 11.9. The maximum Gasteiger partial charge on any atom is 0.328 e. The molecular formula is C11H12N2OS. The van der Waals surface area contributed by atoms with Crippen LogP contribution in [0.3, 0.4) is 0 Å². The lowest BCUT2D eigenvalue weighted by Gasteiger charge is -1.98. The Labute approximate surface area is 91.6 Å². The summed E-state index contributed by atoms with van der Waals surface area (Å²) in [6.07, 6.45) is 6.11. The Kier molecular flexibility index (Phi) is 2.02. The van der Waals surface area contributed by atoms with E-state index in [9.17, 15) is 4.79 Å². The molecule has 3 nitrogen and oxygen atoms in total. The molecule has 0 N–H and O–H groups in total. The van der Waals surface area contributed by atoms with Crippen LogP contribution in [0.2, 0.25) is 0 Å². The van der Waals surface area contributed by atoms with E-state index >= 15 is 0 Å². The quantitative estimate of drug-likeness (QED) is 0.778.